The first kappa shape index (κ1) is 19.4. The van der Waals surface area contributed by atoms with Crippen molar-refractivity contribution in [3.05, 3.63) is 64.6 Å². The standard InChI is InChI=1S/C23H24N6O2/c24-13-16-5-1-2-6-19(16)25-22(30)28-14-18(15-28)27-11-9-17(10-12-27)29-21-8-4-3-7-20(21)26-23(29)31/h1-8,17-18H,9-12,14-15H2,(H,25,30)(H,26,31). The molecule has 8 heteroatoms. The minimum absolute atomic E-state index is 0.0382. The van der Waals surface area contributed by atoms with Crippen molar-refractivity contribution < 1.29 is 4.79 Å². The number of likely N-dealkylation sites (tertiary alicyclic amines) is 2. The number of piperidine rings is 1. The molecule has 2 aliphatic rings. The van der Waals surface area contributed by atoms with Gasteiger partial charge in [-0.25, -0.2) is 9.59 Å². The van der Waals surface area contributed by atoms with E-state index in [-0.39, 0.29) is 17.8 Å². The highest BCUT2D eigenvalue weighted by Crippen LogP contribution is 2.28. The number of hydrogen-bond acceptors (Lipinski definition) is 4. The number of nitriles is 1. The molecule has 2 fully saturated rings. The largest absolute Gasteiger partial charge is 0.326 e. The summed E-state index contributed by atoms with van der Waals surface area (Å²) in [6.07, 6.45) is 1.83. The van der Waals surface area contributed by atoms with Crippen molar-refractivity contribution in [1.82, 2.24) is 19.4 Å². The Hall–Kier alpha value is -3.57. The van der Waals surface area contributed by atoms with E-state index in [0.717, 1.165) is 37.0 Å². The number of fused-ring (bicyclic) bond motifs is 1. The van der Waals surface area contributed by atoms with E-state index >= 15 is 0 Å². The molecule has 0 atom stereocenters. The maximum atomic E-state index is 12.5. The number of hydrogen-bond donors (Lipinski definition) is 2. The van der Waals surface area contributed by atoms with Gasteiger partial charge in [0.05, 0.1) is 22.3 Å². The number of rotatable bonds is 3. The molecule has 2 saturated heterocycles. The summed E-state index contributed by atoms with van der Waals surface area (Å²) in [6.45, 7) is 3.18. The number of imidazole rings is 1. The zero-order valence-corrected chi connectivity index (χ0v) is 17.1. The molecule has 2 N–H and O–H groups in total. The molecule has 1 aromatic heterocycles. The van der Waals surface area contributed by atoms with Crippen LogP contribution in [0.2, 0.25) is 0 Å². The minimum atomic E-state index is -0.167. The highest BCUT2D eigenvalue weighted by Gasteiger charge is 2.37. The molecule has 2 amide bonds. The van der Waals surface area contributed by atoms with E-state index in [1.54, 1.807) is 29.2 Å². The number of para-hydroxylation sites is 3. The van der Waals surface area contributed by atoms with Gasteiger partial charge in [0.15, 0.2) is 0 Å². The second kappa shape index (κ2) is 7.93. The summed E-state index contributed by atoms with van der Waals surface area (Å²) in [5, 5.41) is 12.0. The van der Waals surface area contributed by atoms with E-state index in [4.69, 9.17) is 0 Å². The first-order valence-corrected chi connectivity index (χ1v) is 10.6. The molecule has 2 aromatic carbocycles. The number of benzene rings is 2. The van der Waals surface area contributed by atoms with Crippen molar-refractivity contribution in [2.24, 2.45) is 0 Å². The topological polar surface area (TPSA) is 97.2 Å². The summed E-state index contributed by atoms with van der Waals surface area (Å²) >= 11 is 0. The van der Waals surface area contributed by atoms with Gasteiger partial charge in [-0.2, -0.15) is 5.26 Å². The van der Waals surface area contributed by atoms with Gasteiger partial charge in [0.2, 0.25) is 0 Å². The summed E-state index contributed by atoms with van der Waals surface area (Å²) in [5.74, 6) is 0. The molecule has 0 radical (unpaired) electrons. The predicted octanol–water partition coefficient (Wildman–Crippen LogP) is 2.75. The van der Waals surface area contributed by atoms with Crippen molar-refractivity contribution >= 4 is 22.8 Å². The van der Waals surface area contributed by atoms with Gasteiger partial charge in [0.1, 0.15) is 6.07 Å². The first-order chi connectivity index (χ1) is 15.1. The van der Waals surface area contributed by atoms with E-state index in [1.165, 1.54) is 0 Å². The molecule has 31 heavy (non-hydrogen) atoms. The van der Waals surface area contributed by atoms with Gasteiger partial charge in [-0.05, 0) is 37.1 Å². The molecule has 0 unspecified atom stereocenters. The van der Waals surface area contributed by atoms with Gasteiger partial charge in [0, 0.05) is 38.3 Å². The molecular weight excluding hydrogens is 392 g/mol. The lowest BCUT2D eigenvalue weighted by atomic mass is 9.99. The van der Waals surface area contributed by atoms with Crippen molar-refractivity contribution in [1.29, 1.82) is 5.26 Å². The Morgan fingerprint density at radius 1 is 1.03 bits per heavy atom. The highest BCUT2D eigenvalue weighted by atomic mass is 16.2. The van der Waals surface area contributed by atoms with Gasteiger partial charge in [0.25, 0.3) is 0 Å². The van der Waals surface area contributed by atoms with Crippen molar-refractivity contribution in [2.45, 2.75) is 24.9 Å². The number of carbonyl (C=O) groups is 1. The second-order valence-corrected chi connectivity index (χ2v) is 8.23. The van der Waals surface area contributed by atoms with E-state index in [1.807, 2.05) is 28.8 Å². The molecule has 0 aliphatic carbocycles. The molecular formula is C23H24N6O2. The molecule has 5 rings (SSSR count). The third kappa shape index (κ3) is 3.57. The second-order valence-electron chi connectivity index (χ2n) is 8.23. The van der Waals surface area contributed by atoms with Crippen LogP contribution in [-0.2, 0) is 0 Å². The lowest BCUT2D eigenvalue weighted by molar-refractivity contribution is 0.0397. The summed E-state index contributed by atoms with van der Waals surface area (Å²) < 4.78 is 1.90. The van der Waals surface area contributed by atoms with Gasteiger partial charge in [-0.1, -0.05) is 24.3 Å². The zero-order chi connectivity index (χ0) is 21.4. The highest BCUT2D eigenvalue weighted by molar-refractivity contribution is 5.91. The third-order valence-electron chi connectivity index (χ3n) is 6.44. The summed E-state index contributed by atoms with van der Waals surface area (Å²) in [7, 11) is 0. The van der Waals surface area contributed by atoms with Gasteiger partial charge in [-0.15, -0.1) is 0 Å². The van der Waals surface area contributed by atoms with Gasteiger partial charge < -0.3 is 15.2 Å². The number of nitrogens with one attached hydrogen (secondary N) is 2. The fourth-order valence-corrected chi connectivity index (χ4v) is 4.68. The maximum Gasteiger partial charge on any atom is 0.326 e. The molecule has 0 spiro atoms. The summed E-state index contributed by atoms with van der Waals surface area (Å²) in [5.41, 5.74) is 2.82. The Balaban J connectivity index is 1.16. The molecule has 2 aliphatic heterocycles. The van der Waals surface area contributed by atoms with Gasteiger partial charge in [-0.3, -0.25) is 9.47 Å². The Morgan fingerprint density at radius 2 is 1.74 bits per heavy atom. The Kier molecular flexibility index (Phi) is 4.96. The maximum absolute atomic E-state index is 12.5. The number of anilines is 1. The van der Waals surface area contributed by atoms with Crippen LogP contribution < -0.4 is 11.0 Å². The SMILES string of the molecule is N#Cc1ccccc1NC(=O)N1CC(N2CCC(n3c(=O)[nH]c4ccccc43)CC2)C1. The summed E-state index contributed by atoms with van der Waals surface area (Å²) in [4.78, 5) is 32.1. The average Bonchev–Trinajstić information content (AvgIpc) is 3.09. The molecule has 8 nitrogen and oxygen atoms in total. The fraction of sp³-hybridized carbons (Fsp3) is 0.348. The lowest BCUT2D eigenvalue weighted by Crippen LogP contribution is -2.63. The van der Waals surface area contributed by atoms with Crippen molar-refractivity contribution in [2.75, 3.05) is 31.5 Å². The van der Waals surface area contributed by atoms with Crippen LogP contribution in [0.3, 0.4) is 0 Å². The van der Waals surface area contributed by atoms with Crippen LogP contribution in [0, 0.1) is 11.3 Å². The lowest BCUT2D eigenvalue weighted by Gasteiger charge is -2.47. The first-order valence-electron chi connectivity index (χ1n) is 10.6. The number of aromatic amines is 1. The number of urea groups is 1. The van der Waals surface area contributed by atoms with Crippen LogP contribution in [0.5, 0.6) is 0 Å². The quantitative estimate of drug-likeness (QED) is 0.686. The number of nitrogens with zero attached hydrogens (tertiary/aromatic N) is 4. The van der Waals surface area contributed by atoms with Crippen LogP contribution in [0.1, 0.15) is 24.4 Å². The Morgan fingerprint density at radius 3 is 2.52 bits per heavy atom. The van der Waals surface area contributed by atoms with Crippen LogP contribution in [0.25, 0.3) is 11.0 Å². The smallest absolute Gasteiger partial charge is 0.321 e. The van der Waals surface area contributed by atoms with Crippen LogP contribution in [0.15, 0.2) is 53.3 Å². The minimum Gasteiger partial charge on any atom is -0.321 e. The van der Waals surface area contributed by atoms with E-state index in [2.05, 4.69) is 21.3 Å². The monoisotopic (exact) mass is 416 g/mol. The van der Waals surface area contributed by atoms with E-state index in [9.17, 15) is 14.9 Å². The molecule has 3 aromatic rings. The number of amides is 2. The average molecular weight is 416 g/mol. The van der Waals surface area contributed by atoms with E-state index < -0.39 is 0 Å². The molecule has 158 valence electrons. The Labute approximate surface area is 179 Å². The fourth-order valence-electron chi connectivity index (χ4n) is 4.68. The van der Waals surface area contributed by atoms with Crippen LogP contribution >= 0.6 is 0 Å². The molecule has 3 heterocycles. The number of H-pyrrole nitrogens is 1. The van der Waals surface area contributed by atoms with Crippen molar-refractivity contribution in [3.63, 3.8) is 0 Å². The normalized spacial score (nSPS) is 18.0. The zero-order valence-electron chi connectivity index (χ0n) is 17.1. The van der Waals surface area contributed by atoms with Crippen LogP contribution in [-0.4, -0.2) is 57.6 Å². The summed E-state index contributed by atoms with van der Waals surface area (Å²) in [6, 6.07) is 17.3. The van der Waals surface area contributed by atoms with Crippen molar-refractivity contribution in [3.8, 4) is 6.07 Å². The number of aromatic nitrogens is 2. The van der Waals surface area contributed by atoms with Gasteiger partial charge >= 0.3 is 11.7 Å². The molecule has 0 bridgehead atoms. The predicted molar refractivity (Wildman–Crippen MR) is 118 cm³/mol. The number of carbonyl (C=O) groups excluding carboxylic acids is 1. The third-order valence-corrected chi connectivity index (χ3v) is 6.44. The van der Waals surface area contributed by atoms with E-state index in [0.29, 0.717) is 30.4 Å². The molecule has 0 saturated carbocycles. The van der Waals surface area contributed by atoms with Crippen LogP contribution in [0.4, 0.5) is 10.5 Å². The Bertz CT molecular complexity index is 1210.